The zero-order chi connectivity index (χ0) is 13.3. The number of thiazole rings is 1. The van der Waals surface area contributed by atoms with Gasteiger partial charge in [-0.2, -0.15) is 0 Å². The third kappa shape index (κ3) is 3.09. The van der Waals surface area contributed by atoms with Crippen LogP contribution in [0.15, 0.2) is 24.9 Å². The van der Waals surface area contributed by atoms with Gasteiger partial charge in [0.25, 0.3) is 10.0 Å². The lowest BCUT2D eigenvalue weighted by atomic mass is 10.5. The third-order valence-electron chi connectivity index (χ3n) is 2.08. The summed E-state index contributed by atoms with van der Waals surface area (Å²) in [5, 5.41) is 1.88. The molecule has 0 fully saturated rings. The van der Waals surface area contributed by atoms with Crippen molar-refractivity contribution in [1.82, 2.24) is 9.71 Å². The summed E-state index contributed by atoms with van der Waals surface area (Å²) in [5.74, 6) is 0. The Morgan fingerprint density at radius 1 is 1.50 bits per heavy atom. The fraction of sp³-hybridized carbons (Fsp3) is 0.222. The van der Waals surface area contributed by atoms with E-state index in [1.807, 2.05) is 11.4 Å². The van der Waals surface area contributed by atoms with Crippen molar-refractivity contribution in [2.45, 2.75) is 17.7 Å². The van der Waals surface area contributed by atoms with Gasteiger partial charge in [0.05, 0.1) is 0 Å². The van der Waals surface area contributed by atoms with E-state index in [0.717, 1.165) is 9.35 Å². The van der Waals surface area contributed by atoms with Crippen LogP contribution < -0.4 is 9.60 Å². The van der Waals surface area contributed by atoms with Gasteiger partial charge in [-0.3, -0.25) is 4.79 Å². The number of sulfonamides is 1. The molecule has 0 aliphatic heterocycles. The quantitative estimate of drug-likeness (QED) is 0.866. The van der Waals surface area contributed by atoms with E-state index in [2.05, 4.69) is 25.6 Å². The van der Waals surface area contributed by atoms with Crippen LogP contribution >= 0.6 is 38.6 Å². The predicted molar refractivity (Wildman–Crippen MR) is 75.7 cm³/mol. The summed E-state index contributed by atoms with van der Waals surface area (Å²) >= 11 is 5.45. The summed E-state index contributed by atoms with van der Waals surface area (Å²) < 4.78 is 27.4. The third-order valence-corrected chi connectivity index (χ3v) is 6.79. The smallest absolute Gasteiger partial charge is 0.305 e. The van der Waals surface area contributed by atoms with Crippen LogP contribution in [0.25, 0.3) is 0 Å². The van der Waals surface area contributed by atoms with Crippen LogP contribution in [-0.2, 0) is 16.6 Å². The second-order valence-corrected chi connectivity index (χ2v) is 8.34. The van der Waals surface area contributed by atoms with Crippen molar-refractivity contribution in [3.63, 3.8) is 0 Å². The molecule has 0 saturated heterocycles. The summed E-state index contributed by atoms with van der Waals surface area (Å²) in [5.41, 5.74) is 0.366. The monoisotopic (exact) mass is 368 g/mol. The number of hydrogen-bond donors (Lipinski definition) is 2. The molecule has 0 atom stereocenters. The van der Waals surface area contributed by atoms with Gasteiger partial charge in [-0.25, -0.2) is 13.1 Å². The molecular formula is C9H9BrN2O3S3. The maximum Gasteiger partial charge on any atom is 0.305 e. The number of aryl methyl sites for hydroxylation is 1. The second kappa shape index (κ2) is 5.25. The first-order chi connectivity index (χ1) is 8.38. The first-order valence-corrected chi connectivity index (χ1v) is 8.78. The molecule has 0 saturated carbocycles. The first kappa shape index (κ1) is 13.9. The topological polar surface area (TPSA) is 79.0 Å². The molecular weight excluding hydrogens is 360 g/mol. The normalized spacial score (nSPS) is 11.9. The number of H-pyrrole nitrogens is 1. The Kier molecular flexibility index (Phi) is 4.07. The number of halogens is 1. The Morgan fingerprint density at radius 3 is 2.72 bits per heavy atom. The largest absolute Gasteiger partial charge is 0.315 e. The fourth-order valence-electron chi connectivity index (χ4n) is 1.32. The minimum atomic E-state index is -3.63. The highest BCUT2D eigenvalue weighted by molar-refractivity contribution is 9.10. The van der Waals surface area contributed by atoms with Crippen LogP contribution in [0.2, 0.25) is 0 Å². The molecule has 2 aromatic heterocycles. The molecule has 0 amide bonds. The van der Waals surface area contributed by atoms with Crippen LogP contribution in [0.4, 0.5) is 0 Å². The van der Waals surface area contributed by atoms with E-state index < -0.39 is 10.0 Å². The maximum atomic E-state index is 12.0. The Hall–Kier alpha value is -0.480. The minimum absolute atomic E-state index is 0.0446. The lowest BCUT2D eigenvalue weighted by molar-refractivity contribution is 0.583. The van der Waals surface area contributed by atoms with Gasteiger partial charge in [0.2, 0.25) is 0 Å². The van der Waals surface area contributed by atoms with Crippen LogP contribution in [0.1, 0.15) is 10.6 Å². The van der Waals surface area contributed by atoms with E-state index >= 15 is 0 Å². The molecule has 2 heterocycles. The molecule has 0 aromatic carbocycles. The zero-order valence-electron chi connectivity index (χ0n) is 9.19. The molecule has 5 nitrogen and oxygen atoms in total. The Bertz CT molecular complexity index is 713. The van der Waals surface area contributed by atoms with Gasteiger partial charge >= 0.3 is 4.87 Å². The number of rotatable bonds is 4. The highest BCUT2D eigenvalue weighted by Crippen LogP contribution is 2.21. The first-order valence-electron chi connectivity index (χ1n) is 4.81. The van der Waals surface area contributed by atoms with Gasteiger partial charge < -0.3 is 4.98 Å². The van der Waals surface area contributed by atoms with Crippen LogP contribution in [-0.4, -0.2) is 13.4 Å². The van der Waals surface area contributed by atoms with Crippen molar-refractivity contribution >= 4 is 48.6 Å². The Labute approximate surface area is 120 Å². The Balaban J connectivity index is 2.18. The minimum Gasteiger partial charge on any atom is -0.315 e. The molecule has 0 bridgehead atoms. The van der Waals surface area contributed by atoms with Crippen molar-refractivity contribution in [3.8, 4) is 0 Å². The molecule has 9 heteroatoms. The van der Waals surface area contributed by atoms with Crippen LogP contribution in [0.5, 0.6) is 0 Å². The molecule has 0 radical (unpaired) electrons. The van der Waals surface area contributed by atoms with E-state index in [9.17, 15) is 13.2 Å². The molecule has 2 N–H and O–H groups in total. The summed E-state index contributed by atoms with van der Waals surface area (Å²) in [4.78, 5) is 14.1. The van der Waals surface area contributed by atoms with Gasteiger partial charge in [-0.15, -0.1) is 11.3 Å². The molecule has 18 heavy (non-hydrogen) atoms. The highest BCUT2D eigenvalue weighted by atomic mass is 79.9. The number of aromatic amines is 1. The van der Waals surface area contributed by atoms with Crippen molar-refractivity contribution in [2.24, 2.45) is 0 Å². The van der Waals surface area contributed by atoms with Crippen molar-refractivity contribution in [3.05, 3.63) is 36.2 Å². The van der Waals surface area contributed by atoms with Crippen molar-refractivity contribution in [2.75, 3.05) is 0 Å². The maximum absolute atomic E-state index is 12.0. The average Bonchev–Trinajstić information content (AvgIpc) is 2.82. The van der Waals surface area contributed by atoms with Crippen molar-refractivity contribution in [1.29, 1.82) is 0 Å². The highest BCUT2D eigenvalue weighted by Gasteiger charge is 2.20. The van der Waals surface area contributed by atoms with Gasteiger partial charge in [0, 0.05) is 27.0 Å². The lowest BCUT2D eigenvalue weighted by Gasteiger charge is -2.03. The summed E-state index contributed by atoms with van der Waals surface area (Å²) in [6.45, 7) is 1.78. The molecule has 98 valence electrons. The lowest BCUT2D eigenvalue weighted by Crippen LogP contribution is -2.22. The van der Waals surface area contributed by atoms with Crippen LogP contribution in [0, 0.1) is 6.92 Å². The fourth-order valence-corrected chi connectivity index (χ4v) is 5.16. The van der Waals surface area contributed by atoms with E-state index in [1.165, 1.54) is 11.3 Å². The molecule has 0 spiro atoms. The molecule has 0 aliphatic carbocycles. The number of hydrogen-bond acceptors (Lipinski definition) is 5. The Morgan fingerprint density at radius 2 is 2.22 bits per heavy atom. The van der Waals surface area contributed by atoms with Gasteiger partial charge in [-0.1, -0.05) is 11.3 Å². The van der Waals surface area contributed by atoms with Crippen LogP contribution in [0.3, 0.4) is 0 Å². The van der Waals surface area contributed by atoms with E-state index in [-0.39, 0.29) is 15.6 Å². The summed E-state index contributed by atoms with van der Waals surface area (Å²) in [6.07, 6.45) is 0. The van der Waals surface area contributed by atoms with E-state index in [0.29, 0.717) is 17.0 Å². The van der Waals surface area contributed by atoms with Gasteiger partial charge in [-0.05, 0) is 28.9 Å². The number of aromatic nitrogens is 1. The number of thiophene rings is 1. The van der Waals surface area contributed by atoms with E-state index in [1.54, 1.807) is 6.92 Å². The van der Waals surface area contributed by atoms with Gasteiger partial charge in [0.15, 0.2) is 4.21 Å². The standard InChI is InChI=1S/C9H9BrN2O3S3/c1-5-8(17-9(13)12-5)18(14,15)11-3-7-2-6(10)4-16-7/h2,4,11H,3H2,1H3,(H,12,13). The van der Waals surface area contributed by atoms with Gasteiger partial charge in [0.1, 0.15) is 0 Å². The summed E-state index contributed by atoms with van der Waals surface area (Å²) in [7, 11) is -3.63. The molecule has 0 aliphatic rings. The van der Waals surface area contributed by atoms with Crippen molar-refractivity contribution < 1.29 is 8.42 Å². The molecule has 0 unspecified atom stereocenters. The second-order valence-electron chi connectivity index (χ2n) is 3.48. The zero-order valence-corrected chi connectivity index (χ0v) is 13.2. The number of nitrogens with one attached hydrogen (secondary N) is 2. The predicted octanol–water partition coefficient (Wildman–Crippen LogP) is 2.05. The summed E-state index contributed by atoms with van der Waals surface area (Å²) in [6, 6.07) is 1.85. The average molecular weight is 369 g/mol. The molecule has 2 aromatic rings. The SMILES string of the molecule is Cc1[nH]c(=O)sc1S(=O)(=O)NCc1cc(Br)cs1. The van der Waals surface area contributed by atoms with E-state index in [4.69, 9.17) is 0 Å². The molecule has 2 rings (SSSR count).